The van der Waals surface area contributed by atoms with Gasteiger partial charge in [0.15, 0.2) is 0 Å². The van der Waals surface area contributed by atoms with Gasteiger partial charge in [0.2, 0.25) is 11.8 Å². The SMILES string of the molecule is CC(=O)N[C@@H]1CCN(c2cc3c(N[C@H](C)c4nc(C(F)(F)F)no4)nc(C)nc3cn2)C1. The van der Waals surface area contributed by atoms with Gasteiger partial charge in [-0.25, -0.2) is 15.0 Å². The fourth-order valence-electron chi connectivity index (χ4n) is 3.59. The molecular formula is C19H21F3N8O2. The third-order valence-corrected chi connectivity index (χ3v) is 5.02. The van der Waals surface area contributed by atoms with E-state index in [4.69, 9.17) is 4.52 Å². The molecule has 0 bridgehead atoms. The molecular weight excluding hydrogens is 429 g/mol. The van der Waals surface area contributed by atoms with Gasteiger partial charge in [0.25, 0.3) is 5.82 Å². The largest absolute Gasteiger partial charge is 0.455 e. The Labute approximate surface area is 180 Å². The molecule has 32 heavy (non-hydrogen) atoms. The van der Waals surface area contributed by atoms with Crippen molar-refractivity contribution in [3.63, 3.8) is 0 Å². The van der Waals surface area contributed by atoms with E-state index in [0.717, 1.165) is 13.0 Å². The second-order valence-electron chi connectivity index (χ2n) is 7.63. The van der Waals surface area contributed by atoms with Crippen LogP contribution in [0.3, 0.4) is 0 Å². The van der Waals surface area contributed by atoms with Crippen LogP contribution in [0.15, 0.2) is 16.8 Å². The van der Waals surface area contributed by atoms with E-state index in [1.165, 1.54) is 6.92 Å². The number of carbonyl (C=O) groups excluding carboxylic acids is 1. The summed E-state index contributed by atoms with van der Waals surface area (Å²) < 4.78 is 43.1. The van der Waals surface area contributed by atoms with E-state index in [9.17, 15) is 18.0 Å². The number of nitrogens with one attached hydrogen (secondary N) is 2. The Bertz CT molecular complexity index is 1150. The molecule has 4 rings (SSSR count). The molecule has 4 heterocycles. The summed E-state index contributed by atoms with van der Waals surface area (Å²) in [6.07, 6.45) is -2.27. The number of rotatable bonds is 5. The van der Waals surface area contributed by atoms with Gasteiger partial charge >= 0.3 is 6.18 Å². The number of aryl methyl sites for hydroxylation is 1. The van der Waals surface area contributed by atoms with Crippen molar-refractivity contribution in [3.05, 3.63) is 29.8 Å². The highest BCUT2D eigenvalue weighted by Gasteiger charge is 2.37. The standard InChI is InChI=1S/C19H21F3N8O2/c1-9(17-28-18(29-32-17)19(20,21)22)24-16-13-6-15(23-7-14(13)25-10(2)26-16)30-5-4-12(8-30)27-11(3)31/h6-7,9,12H,4-5,8H2,1-3H3,(H,27,31)(H,24,25,26)/t9-,12-/m1/s1. The molecule has 13 heteroatoms. The van der Waals surface area contributed by atoms with E-state index >= 15 is 0 Å². The van der Waals surface area contributed by atoms with Crippen LogP contribution in [0.25, 0.3) is 10.9 Å². The number of pyridine rings is 1. The lowest BCUT2D eigenvalue weighted by molar-refractivity contribution is -0.146. The second kappa shape index (κ2) is 8.20. The number of hydrogen-bond donors (Lipinski definition) is 2. The first kappa shape index (κ1) is 21.7. The summed E-state index contributed by atoms with van der Waals surface area (Å²) in [5, 5.41) is 9.58. The van der Waals surface area contributed by atoms with E-state index in [1.54, 1.807) is 20.0 Å². The number of fused-ring (bicyclic) bond motifs is 1. The van der Waals surface area contributed by atoms with Crippen LogP contribution in [0.5, 0.6) is 0 Å². The van der Waals surface area contributed by atoms with E-state index in [1.807, 2.05) is 11.0 Å². The lowest BCUT2D eigenvalue weighted by Gasteiger charge is -2.19. The highest BCUT2D eigenvalue weighted by molar-refractivity contribution is 5.90. The molecule has 3 aromatic heterocycles. The Hall–Kier alpha value is -3.51. The van der Waals surface area contributed by atoms with Gasteiger partial charge in [-0.1, -0.05) is 5.16 Å². The highest BCUT2D eigenvalue weighted by Crippen LogP contribution is 2.30. The molecule has 1 aliphatic rings. The number of carbonyl (C=O) groups is 1. The van der Waals surface area contributed by atoms with Crippen molar-refractivity contribution >= 4 is 28.4 Å². The van der Waals surface area contributed by atoms with Gasteiger partial charge in [0.1, 0.15) is 23.5 Å². The molecule has 2 atom stereocenters. The van der Waals surface area contributed by atoms with Crippen LogP contribution in [0.4, 0.5) is 24.8 Å². The average Bonchev–Trinajstić information content (AvgIpc) is 3.37. The number of aromatic nitrogens is 5. The van der Waals surface area contributed by atoms with Crippen molar-refractivity contribution in [2.24, 2.45) is 0 Å². The summed E-state index contributed by atoms with van der Waals surface area (Å²) in [7, 11) is 0. The van der Waals surface area contributed by atoms with Crippen LogP contribution >= 0.6 is 0 Å². The average molecular weight is 450 g/mol. The van der Waals surface area contributed by atoms with E-state index in [0.29, 0.717) is 34.9 Å². The van der Waals surface area contributed by atoms with Gasteiger partial charge in [-0.05, 0) is 26.3 Å². The highest BCUT2D eigenvalue weighted by atomic mass is 19.4. The molecule has 3 aromatic rings. The van der Waals surface area contributed by atoms with Crippen LogP contribution in [-0.4, -0.2) is 50.1 Å². The molecule has 0 spiro atoms. The number of halogens is 3. The summed E-state index contributed by atoms with van der Waals surface area (Å²) in [5.41, 5.74) is 0.579. The van der Waals surface area contributed by atoms with Gasteiger partial charge < -0.3 is 20.1 Å². The van der Waals surface area contributed by atoms with Crippen LogP contribution in [-0.2, 0) is 11.0 Å². The summed E-state index contributed by atoms with van der Waals surface area (Å²) >= 11 is 0. The zero-order chi connectivity index (χ0) is 23.0. The monoisotopic (exact) mass is 450 g/mol. The lowest BCUT2D eigenvalue weighted by atomic mass is 10.2. The summed E-state index contributed by atoms with van der Waals surface area (Å²) in [4.78, 5) is 30.1. The Morgan fingerprint density at radius 2 is 2.09 bits per heavy atom. The third kappa shape index (κ3) is 4.55. The molecule has 0 aromatic carbocycles. The predicted octanol–water partition coefficient (Wildman–Crippen LogP) is 2.62. The molecule has 0 radical (unpaired) electrons. The smallest absolute Gasteiger partial charge is 0.358 e. The minimum atomic E-state index is -4.69. The first-order chi connectivity index (χ1) is 15.1. The molecule has 1 saturated heterocycles. The van der Waals surface area contributed by atoms with Crippen LogP contribution in [0.1, 0.15) is 43.8 Å². The number of hydrogen-bond acceptors (Lipinski definition) is 9. The Morgan fingerprint density at radius 3 is 2.78 bits per heavy atom. The first-order valence-electron chi connectivity index (χ1n) is 9.94. The number of alkyl halides is 3. The molecule has 1 fully saturated rings. The summed E-state index contributed by atoms with van der Waals surface area (Å²) in [5.74, 6) is -0.0657. The molecule has 0 saturated carbocycles. The molecule has 170 valence electrons. The maximum Gasteiger partial charge on any atom is 0.455 e. The third-order valence-electron chi connectivity index (χ3n) is 5.02. The van der Waals surface area contributed by atoms with Crippen LogP contribution in [0.2, 0.25) is 0 Å². The topological polar surface area (TPSA) is 122 Å². The van der Waals surface area contributed by atoms with Gasteiger partial charge in [-0.15, -0.1) is 0 Å². The lowest BCUT2D eigenvalue weighted by Crippen LogP contribution is -2.35. The summed E-state index contributed by atoms with van der Waals surface area (Å²) in [6.45, 7) is 6.12. The Balaban J connectivity index is 1.60. The minimum Gasteiger partial charge on any atom is -0.358 e. The van der Waals surface area contributed by atoms with Crippen molar-refractivity contribution in [2.75, 3.05) is 23.3 Å². The number of nitrogens with zero attached hydrogens (tertiary/aromatic N) is 6. The van der Waals surface area contributed by atoms with E-state index in [2.05, 4.69) is 35.7 Å². The zero-order valence-electron chi connectivity index (χ0n) is 17.6. The number of anilines is 2. The van der Waals surface area contributed by atoms with Crippen molar-refractivity contribution in [1.82, 2.24) is 30.4 Å². The quantitative estimate of drug-likeness (QED) is 0.604. The predicted molar refractivity (Wildman–Crippen MR) is 108 cm³/mol. The minimum absolute atomic E-state index is 0.0391. The van der Waals surface area contributed by atoms with Gasteiger partial charge in [-0.3, -0.25) is 4.79 Å². The Kier molecular flexibility index (Phi) is 5.57. The zero-order valence-corrected chi connectivity index (χ0v) is 17.6. The van der Waals surface area contributed by atoms with E-state index in [-0.39, 0.29) is 17.8 Å². The Morgan fingerprint density at radius 1 is 1.31 bits per heavy atom. The van der Waals surface area contributed by atoms with Crippen LogP contribution in [0, 0.1) is 6.92 Å². The van der Waals surface area contributed by atoms with Crippen molar-refractivity contribution in [2.45, 2.75) is 45.5 Å². The van der Waals surface area contributed by atoms with Gasteiger partial charge in [0, 0.05) is 31.4 Å². The normalized spacial score (nSPS) is 17.6. The van der Waals surface area contributed by atoms with Crippen molar-refractivity contribution < 1.29 is 22.5 Å². The fraction of sp³-hybridized carbons (Fsp3) is 0.474. The van der Waals surface area contributed by atoms with Gasteiger partial charge in [-0.2, -0.15) is 18.2 Å². The molecule has 0 unspecified atom stereocenters. The molecule has 2 N–H and O–H groups in total. The van der Waals surface area contributed by atoms with E-state index < -0.39 is 18.0 Å². The summed E-state index contributed by atoms with van der Waals surface area (Å²) in [6, 6.07) is 1.12. The van der Waals surface area contributed by atoms with Crippen molar-refractivity contribution in [1.29, 1.82) is 0 Å². The van der Waals surface area contributed by atoms with Crippen molar-refractivity contribution in [3.8, 4) is 0 Å². The fourth-order valence-corrected chi connectivity index (χ4v) is 3.59. The maximum absolute atomic E-state index is 12.8. The molecule has 1 amide bonds. The first-order valence-corrected chi connectivity index (χ1v) is 9.94. The maximum atomic E-state index is 12.8. The molecule has 0 aliphatic carbocycles. The molecule has 10 nitrogen and oxygen atoms in total. The van der Waals surface area contributed by atoms with Crippen LogP contribution < -0.4 is 15.5 Å². The second-order valence-corrected chi connectivity index (χ2v) is 7.63. The van der Waals surface area contributed by atoms with Gasteiger partial charge in [0.05, 0.1) is 11.7 Å². The molecule has 1 aliphatic heterocycles. The number of amides is 1.